The van der Waals surface area contributed by atoms with E-state index < -0.39 is 5.97 Å². The van der Waals surface area contributed by atoms with E-state index in [-0.39, 0.29) is 12.4 Å². The van der Waals surface area contributed by atoms with E-state index in [1.807, 2.05) is 48.5 Å². The fraction of sp³-hybridized carbons (Fsp3) is 0.148. The van der Waals surface area contributed by atoms with E-state index in [2.05, 4.69) is 11.1 Å². The van der Waals surface area contributed by atoms with Crippen molar-refractivity contribution in [2.75, 3.05) is 13.7 Å². The molecule has 1 aliphatic rings. The molecule has 5 rings (SSSR count). The predicted octanol–water partition coefficient (Wildman–Crippen LogP) is 5.10. The average Bonchev–Trinajstić information content (AvgIpc) is 3.52. The van der Waals surface area contributed by atoms with Gasteiger partial charge >= 0.3 is 5.97 Å². The number of carbonyl (C=O) groups excluding carboxylic acids is 2. The molecule has 0 radical (unpaired) electrons. The van der Waals surface area contributed by atoms with Gasteiger partial charge in [-0.05, 0) is 65.9 Å². The van der Waals surface area contributed by atoms with Crippen LogP contribution in [0.3, 0.4) is 0 Å². The van der Waals surface area contributed by atoms with Crippen molar-refractivity contribution in [2.45, 2.75) is 12.8 Å². The summed E-state index contributed by atoms with van der Waals surface area (Å²) in [4.78, 5) is 33.2. The number of aromatic amines is 1. The fourth-order valence-corrected chi connectivity index (χ4v) is 4.20. The minimum atomic E-state index is -0.504. The number of Topliss-reactive ketones (excluding diaryl/α,β-unsaturated/α-hetero) is 1. The highest BCUT2D eigenvalue weighted by molar-refractivity contribution is 6.08. The van der Waals surface area contributed by atoms with Crippen LogP contribution in [0.25, 0.3) is 22.6 Å². The van der Waals surface area contributed by atoms with E-state index >= 15 is 0 Å². The second kappa shape index (κ2) is 8.74. The van der Waals surface area contributed by atoms with Crippen LogP contribution >= 0.6 is 0 Å². The van der Waals surface area contributed by atoms with Crippen LogP contribution in [-0.2, 0) is 11.2 Å². The average molecular weight is 438 g/mol. The molecule has 0 amide bonds. The van der Waals surface area contributed by atoms with Gasteiger partial charge in [0.1, 0.15) is 5.75 Å². The SMILES string of the molecule is COc1ccc(C=C2CCc3c2nc2ccccc2c3C(=O)OCC(=O)c2ccc[nH]2)cc1. The lowest BCUT2D eigenvalue weighted by molar-refractivity contribution is 0.0474. The predicted molar refractivity (Wildman–Crippen MR) is 126 cm³/mol. The fourth-order valence-electron chi connectivity index (χ4n) is 4.20. The molecule has 0 saturated carbocycles. The zero-order chi connectivity index (χ0) is 22.8. The van der Waals surface area contributed by atoms with Crippen molar-refractivity contribution in [3.8, 4) is 5.75 Å². The number of methoxy groups -OCH3 is 1. The summed E-state index contributed by atoms with van der Waals surface area (Å²) in [6.07, 6.45) is 5.21. The van der Waals surface area contributed by atoms with E-state index in [1.54, 1.807) is 25.4 Å². The number of ketones is 1. The number of H-pyrrole nitrogens is 1. The number of rotatable bonds is 6. The van der Waals surface area contributed by atoms with Crippen molar-refractivity contribution in [3.05, 3.63) is 94.9 Å². The van der Waals surface area contributed by atoms with Gasteiger partial charge in [-0.15, -0.1) is 0 Å². The van der Waals surface area contributed by atoms with Crippen molar-refractivity contribution >= 4 is 34.3 Å². The van der Waals surface area contributed by atoms with Gasteiger partial charge in [-0.3, -0.25) is 4.79 Å². The number of benzene rings is 2. The van der Waals surface area contributed by atoms with Crippen LogP contribution in [0.4, 0.5) is 0 Å². The summed E-state index contributed by atoms with van der Waals surface area (Å²) in [7, 11) is 1.64. The lowest BCUT2D eigenvalue weighted by atomic mass is 10.0. The Bertz CT molecular complexity index is 1370. The first-order chi connectivity index (χ1) is 16.1. The second-order valence-electron chi connectivity index (χ2n) is 7.86. The first-order valence-electron chi connectivity index (χ1n) is 10.7. The van der Waals surface area contributed by atoms with Gasteiger partial charge in [-0.2, -0.15) is 0 Å². The van der Waals surface area contributed by atoms with Gasteiger partial charge in [0.15, 0.2) is 6.61 Å². The van der Waals surface area contributed by atoms with Crippen molar-refractivity contribution in [3.63, 3.8) is 0 Å². The van der Waals surface area contributed by atoms with E-state index in [0.717, 1.165) is 45.5 Å². The number of hydrogen-bond donors (Lipinski definition) is 1. The molecule has 0 saturated heterocycles. The lowest BCUT2D eigenvalue weighted by Gasteiger charge is -2.12. The minimum absolute atomic E-state index is 0.275. The molecule has 33 heavy (non-hydrogen) atoms. The Morgan fingerprint density at radius 2 is 1.85 bits per heavy atom. The number of aromatic nitrogens is 2. The quantitative estimate of drug-likeness (QED) is 0.335. The van der Waals surface area contributed by atoms with Crippen LogP contribution in [0.15, 0.2) is 66.9 Å². The summed E-state index contributed by atoms with van der Waals surface area (Å²) < 4.78 is 10.7. The van der Waals surface area contributed by atoms with Gasteiger partial charge in [0, 0.05) is 11.6 Å². The number of para-hydroxylation sites is 1. The van der Waals surface area contributed by atoms with Crippen LogP contribution in [0, 0.1) is 0 Å². The number of esters is 1. The van der Waals surface area contributed by atoms with Gasteiger partial charge in [-0.1, -0.05) is 30.3 Å². The molecule has 0 unspecified atom stereocenters. The van der Waals surface area contributed by atoms with Gasteiger partial charge < -0.3 is 14.5 Å². The van der Waals surface area contributed by atoms with Gasteiger partial charge in [0.25, 0.3) is 0 Å². The molecule has 2 aromatic heterocycles. The third-order valence-corrected chi connectivity index (χ3v) is 5.84. The van der Waals surface area contributed by atoms with Gasteiger partial charge in [0.05, 0.1) is 29.6 Å². The smallest absolute Gasteiger partial charge is 0.339 e. The monoisotopic (exact) mass is 438 g/mol. The first-order valence-corrected chi connectivity index (χ1v) is 10.7. The van der Waals surface area contributed by atoms with E-state index in [1.165, 1.54) is 0 Å². The molecule has 1 aliphatic carbocycles. The topological polar surface area (TPSA) is 81.3 Å². The maximum absolute atomic E-state index is 13.2. The number of allylic oxidation sites excluding steroid dienone is 1. The Hall–Kier alpha value is -4.19. The Labute approximate surface area is 190 Å². The third kappa shape index (κ3) is 4.03. The lowest BCUT2D eigenvalue weighted by Crippen LogP contribution is -2.16. The molecule has 0 aliphatic heterocycles. The number of hydrogen-bond acceptors (Lipinski definition) is 5. The molecule has 0 bridgehead atoms. The normalized spacial score (nSPS) is 13.8. The molecule has 1 N–H and O–H groups in total. The standard InChI is InChI=1S/C27H22N2O4/c1-32-19-11-8-17(9-12-19)15-18-10-13-21-25(20-5-2-3-6-22(20)29-26(18)21)27(31)33-16-24(30)23-7-4-14-28-23/h2-9,11-12,14-15,28H,10,13,16H2,1H3. The van der Waals surface area contributed by atoms with Crippen LogP contribution in [0.2, 0.25) is 0 Å². The van der Waals surface area contributed by atoms with E-state index in [4.69, 9.17) is 14.5 Å². The summed E-state index contributed by atoms with van der Waals surface area (Å²) in [5, 5.41) is 0.735. The highest BCUT2D eigenvalue weighted by Crippen LogP contribution is 2.38. The number of fused-ring (bicyclic) bond motifs is 2. The number of pyridine rings is 1. The Kier molecular flexibility index (Phi) is 5.48. The van der Waals surface area contributed by atoms with Crippen molar-refractivity contribution in [1.29, 1.82) is 0 Å². The summed E-state index contributed by atoms with van der Waals surface area (Å²) in [5.74, 6) is 0.0194. The minimum Gasteiger partial charge on any atom is -0.497 e. The largest absolute Gasteiger partial charge is 0.497 e. The Morgan fingerprint density at radius 1 is 1.03 bits per heavy atom. The maximum Gasteiger partial charge on any atom is 0.339 e. The molecule has 0 atom stereocenters. The zero-order valence-electron chi connectivity index (χ0n) is 18.1. The summed E-state index contributed by atoms with van der Waals surface area (Å²) >= 11 is 0. The summed E-state index contributed by atoms with van der Waals surface area (Å²) in [6.45, 7) is -0.320. The van der Waals surface area contributed by atoms with E-state index in [9.17, 15) is 9.59 Å². The van der Waals surface area contributed by atoms with Gasteiger partial charge in [-0.25, -0.2) is 9.78 Å². The molecule has 0 spiro atoms. The molecular weight excluding hydrogens is 416 g/mol. The number of nitrogens with zero attached hydrogens (tertiary/aromatic N) is 1. The van der Waals surface area contributed by atoms with Crippen molar-refractivity contribution < 1.29 is 19.1 Å². The van der Waals surface area contributed by atoms with Gasteiger partial charge in [0.2, 0.25) is 5.78 Å². The highest BCUT2D eigenvalue weighted by Gasteiger charge is 2.28. The molecule has 0 fully saturated rings. The van der Waals surface area contributed by atoms with Crippen molar-refractivity contribution in [1.82, 2.24) is 9.97 Å². The van der Waals surface area contributed by atoms with E-state index in [0.29, 0.717) is 17.7 Å². The zero-order valence-corrected chi connectivity index (χ0v) is 18.1. The maximum atomic E-state index is 13.2. The number of carbonyl (C=O) groups is 2. The Balaban J connectivity index is 1.51. The summed E-state index contributed by atoms with van der Waals surface area (Å²) in [6, 6.07) is 18.7. The van der Waals surface area contributed by atoms with Crippen LogP contribution in [-0.4, -0.2) is 35.4 Å². The molecular formula is C27H22N2O4. The molecule has 6 heteroatoms. The van der Waals surface area contributed by atoms with Crippen LogP contribution in [0.5, 0.6) is 5.75 Å². The van der Waals surface area contributed by atoms with Crippen LogP contribution < -0.4 is 4.74 Å². The third-order valence-electron chi connectivity index (χ3n) is 5.84. The molecule has 6 nitrogen and oxygen atoms in total. The first kappa shape index (κ1) is 20.7. The molecule has 4 aromatic rings. The number of nitrogens with one attached hydrogen (secondary N) is 1. The summed E-state index contributed by atoms with van der Waals surface area (Å²) in [5.41, 5.74) is 5.41. The van der Waals surface area contributed by atoms with Crippen molar-refractivity contribution in [2.24, 2.45) is 0 Å². The number of ether oxygens (including phenoxy) is 2. The molecule has 2 heterocycles. The second-order valence-corrected chi connectivity index (χ2v) is 7.86. The van der Waals surface area contributed by atoms with Crippen LogP contribution in [0.1, 0.15) is 44.1 Å². The Morgan fingerprint density at radius 3 is 2.61 bits per heavy atom. The molecule has 2 aromatic carbocycles. The molecule has 164 valence electrons. The highest BCUT2D eigenvalue weighted by atomic mass is 16.5.